The van der Waals surface area contributed by atoms with E-state index in [1.54, 1.807) is 0 Å². The van der Waals surface area contributed by atoms with E-state index in [1.807, 2.05) is 0 Å². The summed E-state index contributed by atoms with van der Waals surface area (Å²) in [5.74, 6) is 1.82. The average Bonchev–Trinajstić information content (AvgIpc) is 2.44. The minimum Gasteiger partial charge on any atom is -0.490 e. The highest BCUT2D eigenvalue weighted by Crippen LogP contribution is 2.29. The first kappa shape index (κ1) is 16.4. The summed E-state index contributed by atoms with van der Waals surface area (Å²) >= 11 is 0. The molecule has 2 heteroatoms. The van der Waals surface area contributed by atoms with Crippen molar-refractivity contribution in [2.45, 2.75) is 72.4 Å². The van der Waals surface area contributed by atoms with Crippen LogP contribution in [0.4, 0.5) is 0 Å². The van der Waals surface area contributed by atoms with Crippen LogP contribution in [-0.2, 0) is 6.54 Å². The van der Waals surface area contributed by atoms with E-state index >= 15 is 0 Å². The molecule has 1 saturated carbocycles. The molecule has 0 spiro atoms. The summed E-state index contributed by atoms with van der Waals surface area (Å²) in [7, 11) is 0. The van der Waals surface area contributed by atoms with Crippen molar-refractivity contribution in [3.63, 3.8) is 0 Å². The van der Waals surface area contributed by atoms with Crippen LogP contribution in [0.2, 0.25) is 0 Å². The van der Waals surface area contributed by atoms with Crippen molar-refractivity contribution in [2.24, 2.45) is 5.92 Å². The van der Waals surface area contributed by atoms with E-state index in [-0.39, 0.29) is 0 Å². The SMILES string of the molecule is Cc1cc(CNCC(C)C)cc(C)c1OC1CCCCC1. The van der Waals surface area contributed by atoms with E-state index in [1.165, 1.54) is 48.8 Å². The molecule has 1 aromatic rings. The van der Waals surface area contributed by atoms with Gasteiger partial charge in [0.2, 0.25) is 0 Å². The van der Waals surface area contributed by atoms with Crippen molar-refractivity contribution < 1.29 is 4.74 Å². The topological polar surface area (TPSA) is 21.3 Å². The molecular formula is C19H31NO. The molecule has 0 heterocycles. The Bertz CT molecular complexity index is 424. The van der Waals surface area contributed by atoms with Crippen LogP contribution < -0.4 is 10.1 Å². The van der Waals surface area contributed by atoms with Gasteiger partial charge in [-0.15, -0.1) is 0 Å². The van der Waals surface area contributed by atoms with Gasteiger partial charge in [0.05, 0.1) is 6.10 Å². The lowest BCUT2D eigenvalue weighted by atomic mass is 9.97. The summed E-state index contributed by atoms with van der Waals surface area (Å²) < 4.78 is 6.29. The second-order valence-electron chi connectivity index (χ2n) is 6.96. The first-order valence-electron chi connectivity index (χ1n) is 8.53. The van der Waals surface area contributed by atoms with Crippen molar-refractivity contribution in [3.05, 3.63) is 28.8 Å². The molecule has 21 heavy (non-hydrogen) atoms. The van der Waals surface area contributed by atoms with Crippen LogP contribution in [0.5, 0.6) is 5.75 Å². The number of aryl methyl sites for hydroxylation is 2. The monoisotopic (exact) mass is 289 g/mol. The Morgan fingerprint density at radius 1 is 1.10 bits per heavy atom. The predicted molar refractivity (Wildman–Crippen MR) is 90.0 cm³/mol. The van der Waals surface area contributed by atoms with Crippen molar-refractivity contribution in [2.75, 3.05) is 6.54 Å². The van der Waals surface area contributed by atoms with Crippen LogP contribution in [0.25, 0.3) is 0 Å². The molecular weight excluding hydrogens is 258 g/mol. The quantitative estimate of drug-likeness (QED) is 0.815. The molecule has 0 bridgehead atoms. The third kappa shape index (κ3) is 5.03. The standard InChI is InChI=1S/C19H31NO/c1-14(2)12-20-13-17-10-15(3)19(16(4)11-17)21-18-8-6-5-7-9-18/h10-11,14,18,20H,5-9,12-13H2,1-4H3. The second kappa shape index (κ2) is 7.84. The summed E-state index contributed by atoms with van der Waals surface area (Å²) in [6, 6.07) is 4.55. The van der Waals surface area contributed by atoms with Gasteiger partial charge in [0.15, 0.2) is 0 Å². The van der Waals surface area contributed by atoms with E-state index < -0.39 is 0 Å². The lowest BCUT2D eigenvalue weighted by Gasteiger charge is -2.25. The third-order valence-corrected chi connectivity index (χ3v) is 4.24. The number of hydrogen-bond donors (Lipinski definition) is 1. The van der Waals surface area contributed by atoms with Crippen LogP contribution >= 0.6 is 0 Å². The molecule has 0 unspecified atom stereocenters. The zero-order valence-corrected chi connectivity index (χ0v) is 14.2. The van der Waals surface area contributed by atoms with Gasteiger partial charge in [0, 0.05) is 6.54 Å². The van der Waals surface area contributed by atoms with Gasteiger partial charge in [0.1, 0.15) is 5.75 Å². The Morgan fingerprint density at radius 3 is 2.29 bits per heavy atom. The number of benzene rings is 1. The minimum atomic E-state index is 0.432. The molecule has 2 nitrogen and oxygen atoms in total. The molecule has 1 aliphatic carbocycles. The van der Waals surface area contributed by atoms with Gasteiger partial charge in [-0.2, -0.15) is 0 Å². The fraction of sp³-hybridized carbons (Fsp3) is 0.684. The van der Waals surface area contributed by atoms with Crippen molar-refractivity contribution in [3.8, 4) is 5.75 Å². The van der Waals surface area contributed by atoms with Gasteiger partial charge in [-0.1, -0.05) is 32.4 Å². The summed E-state index contributed by atoms with van der Waals surface area (Å²) in [6.45, 7) is 10.9. The van der Waals surface area contributed by atoms with Crippen molar-refractivity contribution in [1.82, 2.24) is 5.32 Å². The number of hydrogen-bond acceptors (Lipinski definition) is 2. The zero-order valence-electron chi connectivity index (χ0n) is 14.2. The Morgan fingerprint density at radius 2 is 1.71 bits per heavy atom. The van der Waals surface area contributed by atoms with Crippen LogP contribution in [0.15, 0.2) is 12.1 Å². The van der Waals surface area contributed by atoms with E-state index in [4.69, 9.17) is 4.74 Å². The third-order valence-electron chi connectivity index (χ3n) is 4.24. The van der Waals surface area contributed by atoms with Crippen LogP contribution in [0, 0.1) is 19.8 Å². The molecule has 0 aromatic heterocycles. The smallest absolute Gasteiger partial charge is 0.125 e. The summed E-state index contributed by atoms with van der Waals surface area (Å²) in [5, 5.41) is 3.52. The highest BCUT2D eigenvalue weighted by atomic mass is 16.5. The first-order chi connectivity index (χ1) is 10.1. The predicted octanol–water partition coefficient (Wildman–Crippen LogP) is 4.76. The lowest BCUT2D eigenvalue weighted by molar-refractivity contribution is 0.153. The fourth-order valence-electron chi connectivity index (χ4n) is 3.18. The van der Waals surface area contributed by atoms with Gasteiger partial charge in [-0.05, 0) is 68.7 Å². The highest BCUT2D eigenvalue weighted by molar-refractivity contribution is 5.43. The maximum atomic E-state index is 6.29. The molecule has 1 aromatic carbocycles. The molecule has 118 valence electrons. The Hall–Kier alpha value is -1.02. The summed E-state index contributed by atoms with van der Waals surface area (Å²) in [5.41, 5.74) is 3.92. The summed E-state index contributed by atoms with van der Waals surface area (Å²) in [4.78, 5) is 0. The molecule has 0 atom stereocenters. The Balaban J connectivity index is 1.99. The average molecular weight is 289 g/mol. The number of nitrogens with one attached hydrogen (secondary N) is 1. The molecule has 0 radical (unpaired) electrons. The second-order valence-corrected chi connectivity index (χ2v) is 6.96. The summed E-state index contributed by atoms with van der Waals surface area (Å²) in [6.07, 6.45) is 6.88. The van der Waals surface area contributed by atoms with Gasteiger partial charge < -0.3 is 10.1 Å². The zero-order chi connectivity index (χ0) is 15.2. The van der Waals surface area contributed by atoms with Crippen molar-refractivity contribution in [1.29, 1.82) is 0 Å². The van der Waals surface area contributed by atoms with Gasteiger partial charge in [-0.3, -0.25) is 0 Å². The lowest BCUT2D eigenvalue weighted by Crippen LogP contribution is -2.21. The normalized spacial score (nSPS) is 16.4. The first-order valence-corrected chi connectivity index (χ1v) is 8.53. The van der Waals surface area contributed by atoms with Gasteiger partial charge >= 0.3 is 0 Å². The van der Waals surface area contributed by atoms with E-state index in [0.717, 1.165) is 18.8 Å². The van der Waals surface area contributed by atoms with E-state index in [9.17, 15) is 0 Å². The van der Waals surface area contributed by atoms with Gasteiger partial charge in [-0.25, -0.2) is 0 Å². The molecule has 1 N–H and O–H groups in total. The minimum absolute atomic E-state index is 0.432. The number of rotatable bonds is 6. The largest absolute Gasteiger partial charge is 0.490 e. The molecule has 1 aliphatic rings. The van der Waals surface area contributed by atoms with Crippen LogP contribution in [0.3, 0.4) is 0 Å². The maximum Gasteiger partial charge on any atom is 0.125 e. The fourth-order valence-corrected chi connectivity index (χ4v) is 3.18. The van der Waals surface area contributed by atoms with E-state index in [2.05, 4.69) is 45.1 Å². The molecule has 0 aliphatic heterocycles. The van der Waals surface area contributed by atoms with Gasteiger partial charge in [0.25, 0.3) is 0 Å². The molecule has 2 rings (SSSR count). The Labute approximate surface area is 130 Å². The van der Waals surface area contributed by atoms with E-state index in [0.29, 0.717) is 12.0 Å². The highest BCUT2D eigenvalue weighted by Gasteiger charge is 2.17. The van der Waals surface area contributed by atoms with Crippen LogP contribution in [-0.4, -0.2) is 12.6 Å². The molecule has 0 amide bonds. The molecule has 1 fully saturated rings. The Kier molecular flexibility index (Phi) is 6.10. The number of ether oxygens (including phenoxy) is 1. The van der Waals surface area contributed by atoms with Crippen LogP contribution in [0.1, 0.15) is 62.6 Å². The van der Waals surface area contributed by atoms with Crippen molar-refractivity contribution >= 4 is 0 Å². The maximum absolute atomic E-state index is 6.29. The molecule has 0 saturated heterocycles.